The minimum absolute atomic E-state index is 0.691. The first-order valence-corrected chi connectivity index (χ1v) is 7.88. The highest BCUT2D eigenvalue weighted by Crippen LogP contribution is 2.22. The largest absolute Gasteiger partial charge is 0.497 e. The Bertz CT molecular complexity index is 564. The number of benzene rings is 2. The summed E-state index contributed by atoms with van der Waals surface area (Å²) in [5, 5.41) is 6.15. The van der Waals surface area contributed by atoms with Gasteiger partial charge in [-0.15, -0.1) is 0 Å². The Labute approximate surface area is 118 Å². The maximum absolute atomic E-state index is 5.25. The second-order valence-corrected chi connectivity index (χ2v) is 6.14. The smallest absolute Gasteiger partial charge is 0.119 e. The van der Waals surface area contributed by atoms with E-state index in [1.807, 2.05) is 17.8 Å². The van der Waals surface area contributed by atoms with Crippen molar-refractivity contribution in [2.75, 3.05) is 18.6 Å². The van der Waals surface area contributed by atoms with Gasteiger partial charge in [0.2, 0.25) is 0 Å². The maximum atomic E-state index is 5.25. The van der Waals surface area contributed by atoms with Gasteiger partial charge in [0.25, 0.3) is 0 Å². The summed E-state index contributed by atoms with van der Waals surface area (Å²) in [6, 6.07) is 13.6. The normalized spacial score (nSPS) is 18.9. The van der Waals surface area contributed by atoms with Gasteiger partial charge >= 0.3 is 0 Å². The van der Waals surface area contributed by atoms with Crippen LogP contribution in [-0.2, 0) is 6.54 Å². The van der Waals surface area contributed by atoms with Crippen molar-refractivity contribution < 1.29 is 4.74 Å². The zero-order valence-corrected chi connectivity index (χ0v) is 12.0. The predicted molar refractivity (Wildman–Crippen MR) is 83.1 cm³/mol. The third-order valence-electron chi connectivity index (χ3n) is 3.64. The summed E-state index contributed by atoms with van der Waals surface area (Å²) < 4.78 is 5.25. The number of hydrogen-bond donors (Lipinski definition) is 1. The van der Waals surface area contributed by atoms with Crippen LogP contribution in [0.5, 0.6) is 5.75 Å². The molecule has 1 N–H and O–H groups in total. The Morgan fingerprint density at radius 3 is 2.84 bits per heavy atom. The second kappa shape index (κ2) is 5.85. The van der Waals surface area contributed by atoms with E-state index < -0.39 is 0 Å². The molecule has 0 saturated carbocycles. The Morgan fingerprint density at radius 1 is 1.21 bits per heavy atom. The summed E-state index contributed by atoms with van der Waals surface area (Å²) in [5.41, 5.74) is 1.36. The Balaban J connectivity index is 1.73. The third-order valence-corrected chi connectivity index (χ3v) is 4.80. The molecule has 100 valence electrons. The van der Waals surface area contributed by atoms with Gasteiger partial charge in [0.1, 0.15) is 5.75 Å². The molecule has 2 aromatic carbocycles. The van der Waals surface area contributed by atoms with Crippen LogP contribution >= 0.6 is 11.8 Å². The van der Waals surface area contributed by atoms with Crippen molar-refractivity contribution in [3.8, 4) is 5.75 Å². The van der Waals surface area contributed by atoms with Crippen molar-refractivity contribution in [3.63, 3.8) is 0 Å². The molecule has 0 aliphatic carbocycles. The van der Waals surface area contributed by atoms with Gasteiger partial charge in [-0.3, -0.25) is 0 Å². The van der Waals surface area contributed by atoms with E-state index >= 15 is 0 Å². The van der Waals surface area contributed by atoms with Crippen molar-refractivity contribution in [3.05, 3.63) is 42.0 Å². The molecule has 1 atom stereocenters. The SMILES string of the molecule is COc1ccc2cc(CNC3CCSC3)ccc2c1. The van der Waals surface area contributed by atoms with Crippen molar-refractivity contribution in [2.24, 2.45) is 0 Å². The topological polar surface area (TPSA) is 21.3 Å². The Kier molecular flexibility index (Phi) is 3.95. The van der Waals surface area contributed by atoms with Gasteiger partial charge in [0.05, 0.1) is 7.11 Å². The summed E-state index contributed by atoms with van der Waals surface area (Å²) in [5.74, 6) is 3.47. The maximum Gasteiger partial charge on any atom is 0.119 e. The lowest BCUT2D eigenvalue weighted by Gasteiger charge is -2.11. The van der Waals surface area contributed by atoms with Crippen LogP contribution in [0.2, 0.25) is 0 Å². The molecular weight excluding hydrogens is 254 g/mol. The van der Waals surface area contributed by atoms with Crippen molar-refractivity contribution >= 4 is 22.5 Å². The number of nitrogens with one attached hydrogen (secondary N) is 1. The van der Waals surface area contributed by atoms with E-state index in [0.29, 0.717) is 6.04 Å². The Hall–Kier alpha value is -1.19. The molecule has 0 aromatic heterocycles. The average Bonchev–Trinajstić information content (AvgIpc) is 2.97. The number of methoxy groups -OCH3 is 1. The van der Waals surface area contributed by atoms with Crippen LogP contribution in [-0.4, -0.2) is 24.7 Å². The van der Waals surface area contributed by atoms with Gasteiger partial charge < -0.3 is 10.1 Å². The Morgan fingerprint density at radius 2 is 2.05 bits per heavy atom. The van der Waals surface area contributed by atoms with Crippen molar-refractivity contribution in [1.82, 2.24) is 5.32 Å². The van der Waals surface area contributed by atoms with Gasteiger partial charge in [-0.05, 0) is 46.7 Å². The van der Waals surface area contributed by atoms with E-state index in [1.54, 1.807) is 7.11 Å². The second-order valence-electron chi connectivity index (χ2n) is 4.99. The van der Waals surface area contributed by atoms with Crippen molar-refractivity contribution in [2.45, 2.75) is 19.0 Å². The molecule has 2 aromatic rings. The molecule has 1 aliphatic heterocycles. The number of fused-ring (bicyclic) bond motifs is 1. The predicted octanol–water partition coefficient (Wildman–Crippen LogP) is 3.44. The van der Waals surface area contributed by atoms with Crippen LogP contribution in [0.25, 0.3) is 10.8 Å². The molecule has 3 rings (SSSR count). The standard InChI is InChI=1S/C16H19NOS/c1-18-16-5-4-13-8-12(2-3-14(13)9-16)10-17-15-6-7-19-11-15/h2-5,8-9,15,17H,6-7,10-11H2,1H3. The molecule has 0 amide bonds. The van der Waals surface area contributed by atoms with Crippen molar-refractivity contribution in [1.29, 1.82) is 0 Å². The van der Waals surface area contributed by atoms with Gasteiger partial charge in [0.15, 0.2) is 0 Å². The highest BCUT2D eigenvalue weighted by molar-refractivity contribution is 7.99. The van der Waals surface area contributed by atoms with Gasteiger partial charge in [-0.1, -0.05) is 18.2 Å². The summed E-state index contributed by atoms with van der Waals surface area (Å²) in [7, 11) is 1.71. The minimum Gasteiger partial charge on any atom is -0.497 e. The summed E-state index contributed by atoms with van der Waals surface area (Å²) >= 11 is 2.05. The van der Waals surface area contributed by atoms with Crippen LogP contribution in [0.15, 0.2) is 36.4 Å². The number of ether oxygens (including phenoxy) is 1. The number of rotatable bonds is 4. The van der Waals surface area contributed by atoms with E-state index in [0.717, 1.165) is 12.3 Å². The molecule has 1 aliphatic rings. The van der Waals surface area contributed by atoms with Crippen LogP contribution in [0.3, 0.4) is 0 Å². The van der Waals surface area contributed by atoms with Gasteiger partial charge in [0, 0.05) is 18.3 Å². The minimum atomic E-state index is 0.691. The lowest BCUT2D eigenvalue weighted by molar-refractivity contribution is 0.415. The highest BCUT2D eigenvalue weighted by Gasteiger charge is 2.14. The van der Waals surface area contributed by atoms with Crippen LogP contribution in [0.1, 0.15) is 12.0 Å². The number of hydrogen-bond acceptors (Lipinski definition) is 3. The lowest BCUT2D eigenvalue weighted by Crippen LogP contribution is -2.27. The van der Waals surface area contributed by atoms with E-state index in [4.69, 9.17) is 4.74 Å². The first-order chi connectivity index (χ1) is 9.35. The van der Waals surface area contributed by atoms with E-state index in [-0.39, 0.29) is 0 Å². The monoisotopic (exact) mass is 273 g/mol. The molecule has 2 nitrogen and oxygen atoms in total. The van der Waals surface area contributed by atoms with E-state index in [9.17, 15) is 0 Å². The fourth-order valence-electron chi connectivity index (χ4n) is 2.47. The molecule has 3 heteroatoms. The van der Waals surface area contributed by atoms with E-state index in [2.05, 4.69) is 35.6 Å². The molecule has 0 bridgehead atoms. The molecule has 1 unspecified atom stereocenters. The zero-order chi connectivity index (χ0) is 13.1. The average molecular weight is 273 g/mol. The van der Waals surface area contributed by atoms with E-state index in [1.165, 1.54) is 34.3 Å². The molecule has 1 heterocycles. The first-order valence-electron chi connectivity index (χ1n) is 6.73. The van der Waals surface area contributed by atoms with Gasteiger partial charge in [-0.25, -0.2) is 0 Å². The molecule has 1 saturated heterocycles. The van der Waals surface area contributed by atoms with Crippen LogP contribution < -0.4 is 10.1 Å². The number of thioether (sulfide) groups is 1. The molecule has 1 fully saturated rings. The summed E-state index contributed by atoms with van der Waals surface area (Å²) in [6.07, 6.45) is 1.30. The molecule has 0 radical (unpaired) electrons. The fraction of sp³-hybridized carbons (Fsp3) is 0.375. The van der Waals surface area contributed by atoms with Crippen LogP contribution in [0, 0.1) is 0 Å². The third kappa shape index (κ3) is 3.04. The highest BCUT2D eigenvalue weighted by atomic mass is 32.2. The lowest BCUT2D eigenvalue weighted by atomic mass is 10.1. The quantitative estimate of drug-likeness (QED) is 0.922. The molecule has 19 heavy (non-hydrogen) atoms. The van der Waals surface area contributed by atoms with Gasteiger partial charge in [-0.2, -0.15) is 11.8 Å². The zero-order valence-electron chi connectivity index (χ0n) is 11.2. The van der Waals surface area contributed by atoms with Crippen LogP contribution in [0.4, 0.5) is 0 Å². The first kappa shape index (κ1) is 12.8. The summed E-state index contributed by atoms with van der Waals surface area (Å²) in [4.78, 5) is 0. The fourth-order valence-corrected chi connectivity index (χ4v) is 3.65. The molecular formula is C16H19NOS. The summed E-state index contributed by atoms with van der Waals surface area (Å²) in [6.45, 7) is 0.965. The molecule has 0 spiro atoms.